The fourth-order valence-electron chi connectivity index (χ4n) is 8.52. The van der Waals surface area contributed by atoms with Crippen molar-refractivity contribution in [3.8, 4) is 23.0 Å². The number of hydrogen-bond acceptors (Lipinski definition) is 11. The van der Waals surface area contributed by atoms with Gasteiger partial charge in [-0.3, -0.25) is 34.0 Å². The summed E-state index contributed by atoms with van der Waals surface area (Å²) in [7, 11) is 3.16. The molecule has 352 valence electrons. The maximum atomic E-state index is 14.0. The van der Waals surface area contributed by atoms with Crippen LogP contribution in [0, 0.1) is 12.8 Å². The largest absolute Gasteiger partial charge is 0.497 e. The average molecular weight is 922 g/mol. The lowest BCUT2D eigenvalue weighted by Crippen LogP contribution is -2.53. The third kappa shape index (κ3) is 9.99. The summed E-state index contributed by atoms with van der Waals surface area (Å²) in [4.78, 5) is 77.9. The number of hydrogen-bond donors (Lipinski definition) is 3. The van der Waals surface area contributed by atoms with Crippen molar-refractivity contribution in [3.05, 3.63) is 113 Å². The van der Waals surface area contributed by atoms with E-state index in [-0.39, 0.29) is 35.7 Å². The third-order valence-corrected chi connectivity index (χ3v) is 12.3. The summed E-state index contributed by atoms with van der Waals surface area (Å²) in [5.41, 5.74) is 7.16. The first-order valence-electron chi connectivity index (χ1n) is 22.6. The van der Waals surface area contributed by atoms with Gasteiger partial charge in [-0.15, -0.1) is 0 Å². The topological polar surface area (TPSA) is 190 Å². The number of amides is 5. The van der Waals surface area contributed by atoms with Gasteiger partial charge >= 0.3 is 0 Å². The Morgan fingerprint density at radius 2 is 1.24 bits per heavy atom. The van der Waals surface area contributed by atoms with Gasteiger partial charge in [-0.25, -0.2) is 0 Å². The predicted octanol–water partition coefficient (Wildman–Crippen LogP) is 7.41. The van der Waals surface area contributed by atoms with Crippen LogP contribution in [0.1, 0.15) is 84.4 Å². The van der Waals surface area contributed by atoms with E-state index in [0.717, 1.165) is 33.6 Å². The molecule has 3 N–H and O–H groups in total. The molecule has 0 aliphatic carbocycles. The summed E-state index contributed by atoms with van der Waals surface area (Å²) < 4.78 is 23.3. The number of nitrogens with one attached hydrogen (secondary N) is 3. The van der Waals surface area contributed by atoms with Gasteiger partial charge in [0.1, 0.15) is 23.6 Å². The van der Waals surface area contributed by atoms with Crippen LogP contribution in [0.25, 0.3) is 11.1 Å². The molecule has 0 unspecified atom stereocenters. The SMILES string of the molecule is COc1ccc(C2=CN3C(=O)c4cc(C)c(OCCCOc5cc6c(cc5OC)C(=O)N5C=C(c7ccc(NC(=O)[C@H](C)NC(=O)[C@@H](NC(C)=O)C(C)C)cc7)C[C@H]5C=N6)cc4N=C[C@@H]3C2)cc1. The smallest absolute Gasteiger partial charge is 0.260 e. The number of carbonyl (C=O) groups excluding carboxylic acids is 5. The van der Waals surface area contributed by atoms with E-state index < -0.39 is 23.9 Å². The summed E-state index contributed by atoms with van der Waals surface area (Å²) in [6.45, 7) is 9.09. The second kappa shape index (κ2) is 20.0. The molecule has 4 aliphatic rings. The minimum absolute atomic E-state index is 0.109. The van der Waals surface area contributed by atoms with Crippen LogP contribution in [0.5, 0.6) is 23.0 Å². The summed E-state index contributed by atoms with van der Waals surface area (Å²) in [5, 5.41) is 8.13. The Morgan fingerprint density at radius 3 is 1.78 bits per heavy atom. The van der Waals surface area contributed by atoms with Gasteiger partial charge in [-0.1, -0.05) is 38.1 Å². The number of methoxy groups -OCH3 is 2. The van der Waals surface area contributed by atoms with Crippen molar-refractivity contribution in [1.29, 1.82) is 0 Å². The number of rotatable bonds is 16. The molecule has 0 aromatic heterocycles. The Morgan fingerprint density at radius 1 is 0.691 bits per heavy atom. The van der Waals surface area contributed by atoms with E-state index in [1.165, 1.54) is 14.0 Å². The van der Waals surface area contributed by atoms with E-state index in [1.807, 2.05) is 87.9 Å². The van der Waals surface area contributed by atoms with Crippen LogP contribution in [-0.2, 0) is 14.4 Å². The van der Waals surface area contributed by atoms with Gasteiger partial charge in [0.15, 0.2) is 11.5 Å². The molecule has 0 saturated heterocycles. The second-order valence-corrected chi connectivity index (χ2v) is 17.5. The molecule has 5 amide bonds. The molecule has 4 aliphatic heterocycles. The van der Waals surface area contributed by atoms with Gasteiger partial charge < -0.3 is 44.7 Å². The Bertz CT molecular complexity index is 2760. The fourth-order valence-corrected chi connectivity index (χ4v) is 8.52. The van der Waals surface area contributed by atoms with Crippen LogP contribution in [0.4, 0.5) is 17.1 Å². The molecule has 0 spiro atoms. The van der Waals surface area contributed by atoms with Crippen LogP contribution in [-0.4, -0.2) is 103 Å². The molecule has 68 heavy (non-hydrogen) atoms. The number of ether oxygens (including phenoxy) is 4. The Kier molecular flexibility index (Phi) is 13.8. The van der Waals surface area contributed by atoms with Gasteiger partial charge in [0.25, 0.3) is 11.8 Å². The van der Waals surface area contributed by atoms with Crippen molar-refractivity contribution in [3.63, 3.8) is 0 Å². The van der Waals surface area contributed by atoms with E-state index >= 15 is 0 Å². The van der Waals surface area contributed by atoms with E-state index in [1.54, 1.807) is 54.3 Å². The van der Waals surface area contributed by atoms with Crippen LogP contribution in [0.15, 0.2) is 95.2 Å². The summed E-state index contributed by atoms with van der Waals surface area (Å²) in [5.74, 6) is 0.565. The van der Waals surface area contributed by atoms with Gasteiger partial charge in [0.2, 0.25) is 17.7 Å². The monoisotopic (exact) mass is 921 g/mol. The summed E-state index contributed by atoms with van der Waals surface area (Å²) >= 11 is 0. The van der Waals surface area contributed by atoms with E-state index in [4.69, 9.17) is 28.9 Å². The number of benzene rings is 4. The molecule has 0 radical (unpaired) electrons. The number of aryl methyl sites for hydroxylation is 1. The molecular formula is C52H55N7O9. The number of anilines is 1. The highest BCUT2D eigenvalue weighted by Gasteiger charge is 2.35. The summed E-state index contributed by atoms with van der Waals surface area (Å²) in [6.07, 6.45) is 9.05. The molecule has 4 aromatic carbocycles. The van der Waals surface area contributed by atoms with Gasteiger partial charge in [-0.2, -0.15) is 0 Å². The number of aliphatic imine (C=N–C) groups is 2. The third-order valence-electron chi connectivity index (χ3n) is 12.3. The lowest BCUT2D eigenvalue weighted by Gasteiger charge is -2.23. The minimum atomic E-state index is -0.851. The molecule has 0 fully saturated rings. The zero-order chi connectivity index (χ0) is 48.2. The van der Waals surface area contributed by atoms with Crippen LogP contribution < -0.4 is 34.9 Å². The van der Waals surface area contributed by atoms with E-state index in [9.17, 15) is 24.0 Å². The zero-order valence-electron chi connectivity index (χ0n) is 39.1. The molecule has 4 atom stereocenters. The van der Waals surface area contributed by atoms with E-state index in [2.05, 4.69) is 16.0 Å². The van der Waals surface area contributed by atoms with Gasteiger partial charge in [0.05, 0.1) is 62.0 Å². The molecule has 4 heterocycles. The molecule has 8 rings (SSSR count). The van der Waals surface area contributed by atoms with Crippen LogP contribution in [0.2, 0.25) is 0 Å². The van der Waals surface area contributed by atoms with Crippen molar-refractivity contribution in [1.82, 2.24) is 20.4 Å². The Labute approximate surface area is 395 Å². The first-order chi connectivity index (χ1) is 32.7. The molecule has 16 nitrogen and oxygen atoms in total. The van der Waals surface area contributed by atoms with Gasteiger partial charge in [0, 0.05) is 68.8 Å². The summed E-state index contributed by atoms with van der Waals surface area (Å²) in [6, 6.07) is 20.0. The molecular weight excluding hydrogens is 867 g/mol. The fraction of sp³-hybridized carbons (Fsp3) is 0.327. The van der Waals surface area contributed by atoms with E-state index in [0.29, 0.717) is 77.9 Å². The number of fused-ring (bicyclic) bond motifs is 4. The predicted molar refractivity (Wildman–Crippen MR) is 259 cm³/mol. The normalized spacial score (nSPS) is 17.6. The highest BCUT2D eigenvalue weighted by Crippen LogP contribution is 2.41. The Hall–Kier alpha value is -7.75. The average Bonchev–Trinajstić information content (AvgIpc) is 3.91. The molecule has 0 saturated carbocycles. The Balaban J connectivity index is 0.845. The first kappa shape index (κ1) is 46.8. The van der Waals surface area contributed by atoms with Crippen molar-refractivity contribution in [2.45, 2.75) is 78.0 Å². The van der Waals surface area contributed by atoms with Crippen LogP contribution in [0.3, 0.4) is 0 Å². The van der Waals surface area contributed by atoms with Crippen molar-refractivity contribution in [2.75, 3.05) is 32.8 Å². The zero-order valence-corrected chi connectivity index (χ0v) is 39.1. The quantitative estimate of drug-likeness (QED) is 0.0962. The van der Waals surface area contributed by atoms with Crippen molar-refractivity contribution >= 4 is 70.2 Å². The van der Waals surface area contributed by atoms with Crippen molar-refractivity contribution < 1.29 is 42.9 Å². The second-order valence-electron chi connectivity index (χ2n) is 17.5. The van der Waals surface area contributed by atoms with Crippen molar-refractivity contribution in [2.24, 2.45) is 15.9 Å². The standard InChI is InChI=1S/C52H55N7O9/c1-29(2)48(56-32(5)60)50(62)55-31(4)49(61)57-37-13-9-33(10-14-37)35-20-39-26-54-44-24-47(46(66-7)22-42(44)52(64)59(39)27-35)68-18-8-17-67-45-23-43-41(19-30(45)3)51(63)58-28-36(21-38(58)25-53-43)34-11-15-40(65-6)16-12-34/h9-16,19,22-29,31,38-39,48H,8,17-18,20-21H2,1-7H3,(H,55,62)(H,56,60)(H,57,61)/t31-,38-,39-,48-/m0/s1. The first-order valence-corrected chi connectivity index (χ1v) is 22.6. The number of nitrogens with zero attached hydrogens (tertiary/aromatic N) is 4. The number of carbonyl (C=O) groups is 5. The maximum absolute atomic E-state index is 14.0. The molecule has 0 bridgehead atoms. The highest BCUT2D eigenvalue weighted by molar-refractivity contribution is 6.06. The van der Waals surface area contributed by atoms with Gasteiger partial charge in [-0.05, 0) is 84.0 Å². The van der Waals surface area contributed by atoms with Crippen LogP contribution >= 0.6 is 0 Å². The lowest BCUT2D eigenvalue weighted by molar-refractivity contribution is -0.131. The molecule has 16 heteroatoms. The highest BCUT2D eigenvalue weighted by atomic mass is 16.5. The lowest BCUT2D eigenvalue weighted by atomic mass is 10.0. The molecule has 4 aromatic rings. The minimum Gasteiger partial charge on any atom is -0.497 e. The maximum Gasteiger partial charge on any atom is 0.260 e.